The molecule has 1 saturated carbocycles. The fourth-order valence-corrected chi connectivity index (χ4v) is 4.13. The van der Waals surface area contributed by atoms with Crippen LogP contribution < -0.4 is 5.32 Å². The lowest BCUT2D eigenvalue weighted by atomic mass is 10.2. The van der Waals surface area contributed by atoms with Gasteiger partial charge in [0.2, 0.25) is 10.0 Å². The lowest BCUT2D eigenvalue weighted by molar-refractivity contribution is 0.164. The molecule has 19 heavy (non-hydrogen) atoms. The van der Waals surface area contributed by atoms with Crippen molar-refractivity contribution >= 4 is 10.0 Å². The molecule has 0 aliphatic heterocycles. The predicted molar refractivity (Wildman–Crippen MR) is 77.7 cm³/mol. The molecule has 5 nitrogen and oxygen atoms in total. The van der Waals surface area contributed by atoms with Gasteiger partial charge in [-0.3, -0.25) is 0 Å². The van der Waals surface area contributed by atoms with E-state index in [-0.39, 0.29) is 11.8 Å². The summed E-state index contributed by atoms with van der Waals surface area (Å²) in [6.07, 6.45) is 3.91. The summed E-state index contributed by atoms with van der Waals surface area (Å²) >= 11 is 0. The second kappa shape index (κ2) is 8.19. The first kappa shape index (κ1) is 16.9. The average Bonchev–Trinajstić information content (AvgIpc) is 3.19. The fourth-order valence-electron chi connectivity index (χ4n) is 2.29. The van der Waals surface area contributed by atoms with Crippen LogP contribution >= 0.6 is 0 Å². The van der Waals surface area contributed by atoms with Crippen LogP contribution in [-0.4, -0.2) is 58.4 Å². The minimum absolute atomic E-state index is 0.115. The van der Waals surface area contributed by atoms with Crippen LogP contribution in [0.3, 0.4) is 0 Å². The molecule has 1 rings (SSSR count). The number of unbranched alkanes of at least 4 members (excludes halogenated alkanes) is 1. The van der Waals surface area contributed by atoms with E-state index in [1.807, 2.05) is 14.0 Å². The van der Waals surface area contributed by atoms with E-state index >= 15 is 0 Å². The number of nitrogens with zero attached hydrogens (tertiary/aromatic N) is 1. The van der Waals surface area contributed by atoms with Gasteiger partial charge in [0.25, 0.3) is 0 Å². The van der Waals surface area contributed by atoms with Crippen LogP contribution in [0, 0.1) is 5.92 Å². The summed E-state index contributed by atoms with van der Waals surface area (Å²) in [5.41, 5.74) is 0. The second-order valence-electron chi connectivity index (χ2n) is 5.31. The van der Waals surface area contributed by atoms with Crippen LogP contribution in [0.4, 0.5) is 0 Å². The van der Waals surface area contributed by atoms with Crippen molar-refractivity contribution in [3.05, 3.63) is 0 Å². The number of methoxy groups -OCH3 is 1. The highest BCUT2D eigenvalue weighted by Crippen LogP contribution is 2.36. The molecule has 0 spiro atoms. The number of hydrogen-bond donors (Lipinski definition) is 1. The second-order valence-corrected chi connectivity index (χ2v) is 7.35. The number of ether oxygens (including phenoxy) is 1. The Labute approximate surface area is 117 Å². The molecule has 0 bridgehead atoms. The predicted octanol–water partition coefficient (Wildman–Crippen LogP) is 1.06. The number of hydrogen-bond acceptors (Lipinski definition) is 4. The van der Waals surface area contributed by atoms with Gasteiger partial charge in [0.1, 0.15) is 0 Å². The Morgan fingerprint density at radius 3 is 2.58 bits per heavy atom. The molecule has 1 atom stereocenters. The minimum Gasteiger partial charge on any atom is -0.383 e. The molecule has 0 aromatic carbocycles. The maximum Gasteiger partial charge on any atom is 0.214 e. The summed E-state index contributed by atoms with van der Waals surface area (Å²) in [6, 6.07) is 0.115. The van der Waals surface area contributed by atoms with E-state index < -0.39 is 10.0 Å². The van der Waals surface area contributed by atoms with Crippen molar-refractivity contribution in [2.45, 2.75) is 38.6 Å². The molecule has 0 aromatic heterocycles. The van der Waals surface area contributed by atoms with Crippen LogP contribution in [0.1, 0.15) is 32.6 Å². The van der Waals surface area contributed by atoms with Gasteiger partial charge >= 0.3 is 0 Å². The van der Waals surface area contributed by atoms with E-state index in [2.05, 4.69) is 5.32 Å². The van der Waals surface area contributed by atoms with Gasteiger partial charge in [-0.25, -0.2) is 8.42 Å². The van der Waals surface area contributed by atoms with Gasteiger partial charge in [0.05, 0.1) is 12.4 Å². The standard InChI is InChI=1S/C13H28N2O3S/c1-12(13-6-7-13)15(9-10-18-3)19(16,17)11-5-4-8-14-2/h12-14H,4-11H2,1-3H3. The van der Waals surface area contributed by atoms with E-state index in [0.29, 0.717) is 25.5 Å². The van der Waals surface area contributed by atoms with Crippen molar-refractivity contribution < 1.29 is 13.2 Å². The molecule has 1 aliphatic rings. The monoisotopic (exact) mass is 292 g/mol. The zero-order valence-electron chi connectivity index (χ0n) is 12.4. The highest BCUT2D eigenvalue weighted by atomic mass is 32.2. The first-order valence-electron chi connectivity index (χ1n) is 7.16. The molecule has 0 saturated heterocycles. The summed E-state index contributed by atoms with van der Waals surface area (Å²) in [5, 5.41) is 3.04. The van der Waals surface area contributed by atoms with Crippen molar-refractivity contribution in [2.24, 2.45) is 5.92 Å². The quantitative estimate of drug-likeness (QED) is 0.579. The van der Waals surface area contributed by atoms with Gasteiger partial charge in [0.15, 0.2) is 0 Å². The summed E-state index contributed by atoms with van der Waals surface area (Å²) < 4.78 is 31.6. The van der Waals surface area contributed by atoms with Crippen LogP contribution in [0.5, 0.6) is 0 Å². The smallest absolute Gasteiger partial charge is 0.214 e. The minimum atomic E-state index is -3.15. The normalized spacial score (nSPS) is 17.9. The summed E-state index contributed by atoms with van der Waals surface area (Å²) in [6.45, 7) is 3.83. The SMILES string of the molecule is CNCCCCS(=O)(=O)N(CCOC)C(C)C1CC1. The zero-order valence-corrected chi connectivity index (χ0v) is 13.2. The van der Waals surface area contributed by atoms with Crippen LogP contribution in [0.2, 0.25) is 0 Å². The van der Waals surface area contributed by atoms with Crippen molar-refractivity contribution in [1.29, 1.82) is 0 Å². The molecular formula is C13H28N2O3S. The van der Waals surface area contributed by atoms with Gasteiger partial charge in [-0.15, -0.1) is 0 Å². The molecule has 0 radical (unpaired) electrons. The van der Waals surface area contributed by atoms with Gasteiger partial charge in [-0.2, -0.15) is 4.31 Å². The van der Waals surface area contributed by atoms with E-state index in [9.17, 15) is 8.42 Å². The number of nitrogens with one attached hydrogen (secondary N) is 1. The van der Waals surface area contributed by atoms with E-state index in [1.54, 1.807) is 11.4 Å². The van der Waals surface area contributed by atoms with Crippen LogP contribution in [0.25, 0.3) is 0 Å². The molecular weight excluding hydrogens is 264 g/mol. The van der Waals surface area contributed by atoms with Crippen molar-refractivity contribution in [3.63, 3.8) is 0 Å². The Balaban J connectivity index is 2.54. The zero-order chi connectivity index (χ0) is 14.3. The van der Waals surface area contributed by atoms with Gasteiger partial charge in [-0.1, -0.05) is 0 Å². The molecule has 6 heteroatoms. The lowest BCUT2D eigenvalue weighted by Crippen LogP contribution is -2.43. The van der Waals surface area contributed by atoms with Crippen LogP contribution in [0.15, 0.2) is 0 Å². The highest BCUT2D eigenvalue weighted by molar-refractivity contribution is 7.89. The highest BCUT2D eigenvalue weighted by Gasteiger charge is 2.36. The molecule has 114 valence electrons. The van der Waals surface area contributed by atoms with Gasteiger partial charge in [0, 0.05) is 19.7 Å². The molecule has 1 N–H and O–H groups in total. The third-order valence-corrected chi connectivity index (χ3v) is 5.74. The van der Waals surface area contributed by atoms with Crippen molar-refractivity contribution in [2.75, 3.05) is 39.6 Å². The van der Waals surface area contributed by atoms with E-state index in [4.69, 9.17) is 4.74 Å². The largest absolute Gasteiger partial charge is 0.383 e. The molecule has 1 fully saturated rings. The van der Waals surface area contributed by atoms with Gasteiger partial charge in [-0.05, 0) is 52.1 Å². The maximum absolute atomic E-state index is 12.4. The molecule has 0 amide bonds. The third-order valence-electron chi connectivity index (χ3n) is 3.71. The topological polar surface area (TPSA) is 58.6 Å². The summed E-state index contributed by atoms with van der Waals surface area (Å²) in [4.78, 5) is 0. The fraction of sp³-hybridized carbons (Fsp3) is 1.00. The first-order valence-corrected chi connectivity index (χ1v) is 8.77. The lowest BCUT2D eigenvalue weighted by Gasteiger charge is -2.28. The molecule has 0 aromatic rings. The third kappa shape index (κ3) is 5.77. The maximum atomic E-state index is 12.4. The number of sulfonamides is 1. The van der Waals surface area contributed by atoms with E-state index in [0.717, 1.165) is 25.8 Å². The Morgan fingerprint density at radius 1 is 1.37 bits per heavy atom. The van der Waals surface area contributed by atoms with E-state index in [1.165, 1.54) is 0 Å². The van der Waals surface area contributed by atoms with Crippen molar-refractivity contribution in [1.82, 2.24) is 9.62 Å². The first-order chi connectivity index (χ1) is 9.03. The number of rotatable bonds is 11. The van der Waals surface area contributed by atoms with Gasteiger partial charge < -0.3 is 10.1 Å². The summed E-state index contributed by atoms with van der Waals surface area (Å²) in [7, 11) is 0.340. The Bertz CT molecular complexity index is 342. The van der Waals surface area contributed by atoms with Crippen LogP contribution in [-0.2, 0) is 14.8 Å². The van der Waals surface area contributed by atoms with Crippen molar-refractivity contribution in [3.8, 4) is 0 Å². The summed E-state index contributed by atoms with van der Waals surface area (Å²) in [5.74, 6) is 0.791. The molecule has 1 aliphatic carbocycles. The Kier molecular flexibility index (Phi) is 7.28. The molecule has 0 heterocycles. The molecule has 1 unspecified atom stereocenters. The Hall–Kier alpha value is -0.170. The average molecular weight is 292 g/mol. The Morgan fingerprint density at radius 2 is 2.05 bits per heavy atom.